The zero-order valence-corrected chi connectivity index (χ0v) is 10.8. The van der Waals surface area contributed by atoms with Gasteiger partial charge in [-0.05, 0) is 18.6 Å². The van der Waals surface area contributed by atoms with Gasteiger partial charge in [0.1, 0.15) is 11.9 Å². The molecule has 2 rings (SSSR count). The van der Waals surface area contributed by atoms with Gasteiger partial charge in [0.25, 0.3) is 0 Å². The van der Waals surface area contributed by atoms with Gasteiger partial charge in [-0.3, -0.25) is 0 Å². The maximum atomic E-state index is 9.18. The summed E-state index contributed by atoms with van der Waals surface area (Å²) in [5.41, 5.74) is 3.85. The van der Waals surface area contributed by atoms with Crippen molar-refractivity contribution in [2.75, 3.05) is 19.0 Å². The van der Waals surface area contributed by atoms with Crippen LogP contribution in [0.2, 0.25) is 0 Å². The molecule has 3 heteroatoms. The van der Waals surface area contributed by atoms with E-state index in [-0.39, 0.29) is 0 Å². The van der Waals surface area contributed by atoms with Gasteiger partial charge in [0.2, 0.25) is 0 Å². The molecule has 0 amide bonds. The van der Waals surface area contributed by atoms with E-state index in [1.807, 2.05) is 43.4 Å². The molecule has 0 bridgehead atoms. The first kappa shape index (κ1) is 12.1. The van der Waals surface area contributed by atoms with E-state index in [1.54, 1.807) is 0 Å². The number of nitrogens with zero attached hydrogens (tertiary/aromatic N) is 3. The fourth-order valence-electron chi connectivity index (χ4n) is 1.88. The largest absolute Gasteiger partial charge is 0.362 e. The van der Waals surface area contributed by atoms with Crippen LogP contribution in [0.5, 0.6) is 0 Å². The molecule has 0 N–H and O–H groups in total. The van der Waals surface area contributed by atoms with Crippen molar-refractivity contribution in [2.24, 2.45) is 0 Å². The van der Waals surface area contributed by atoms with E-state index in [9.17, 15) is 5.26 Å². The van der Waals surface area contributed by atoms with Gasteiger partial charge >= 0.3 is 0 Å². The molecule has 18 heavy (non-hydrogen) atoms. The van der Waals surface area contributed by atoms with E-state index in [2.05, 4.69) is 30.1 Å². The molecular formula is C15H15N3. The monoisotopic (exact) mass is 237 g/mol. The first-order valence-electron chi connectivity index (χ1n) is 5.76. The molecule has 0 spiro atoms. The van der Waals surface area contributed by atoms with Crippen molar-refractivity contribution in [1.29, 1.82) is 5.26 Å². The number of hydrogen-bond donors (Lipinski definition) is 0. The Balaban J connectivity index is 2.52. The van der Waals surface area contributed by atoms with E-state index in [1.165, 1.54) is 5.56 Å². The summed E-state index contributed by atoms with van der Waals surface area (Å²) in [5, 5.41) is 9.18. The van der Waals surface area contributed by atoms with Gasteiger partial charge in [-0.1, -0.05) is 29.8 Å². The summed E-state index contributed by atoms with van der Waals surface area (Å²) < 4.78 is 0. The van der Waals surface area contributed by atoms with Crippen molar-refractivity contribution in [3.8, 4) is 17.2 Å². The number of rotatable bonds is 2. The Hall–Kier alpha value is -2.34. The second-order valence-electron chi connectivity index (χ2n) is 4.47. The molecule has 1 aromatic carbocycles. The first-order valence-corrected chi connectivity index (χ1v) is 5.76. The molecule has 0 aliphatic rings. The third-order valence-corrected chi connectivity index (χ3v) is 2.76. The van der Waals surface area contributed by atoms with Gasteiger partial charge in [-0.25, -0.2) is 4.98 Å². The Morgan fingerprint density at radius 2 is 1.94 bits per heavy atom. The van der Waals surface area contributed by atoms with Crippen molar-refractivity contribution >= 4 is 5.82 Å². The van der Waals surface area contributed by atoms with Gasteiger partial charge in [0.15, 0.2) is 0 Å². The fraction of sp³-hybridized carbons (Fsp3) is 0.200. The number of pyridine rings is 1. The second kappa shape index (κ2) is 4.89. The van der Waals surface area contributed by atoms with Crippen LogP contribution in [-0.2, 0) is 0 Å². The van der Waals surface area contributed by atoms with Crippen molar-refractivity contribution in [2.45, 2.75) is 6.92 Å². The standard InChI is InChI=1S/C15H15N3/c1-11-5-4-6-12(7-11)14-8-13(9-16)15(17-10-14)18(2)3/h4-8,10H,1-3H3. The van der Waals surface area contributed by atoms with Crippen molar-refractivity contribution in [1.82, 2.24) is 4.98 Å². The lowest BCUT2D eigenvalue weighted by atomic mass is 10.0. The quantitative estimate of drug-likeness (QED) is 0.806. The molecule has 3 nitrogen and oxygen atoms in total. The molecule has 1 aromatic heterocycles. The van der Waals surface area contributed by atoms with Crippen LogP contribution in [0.3, 0.4) is 0 Å². The van der Waals surface area contributed by atoms with Crippen LogP contribution in [0.1, 0.15) is 11.1 Å². The number of aromatic nitrogens is 1. The summed E-state index contributed by atoms with van der Waals surface area (Å²) in [6.45, 7) is 2.05. The van der Waals surface area contributed by atoms with Crippen LogP contribution in [0.4, 0.5) is 5.82 Å². The van der Waals surface area contributed by atoms with Crippen LogP contribution in [0.25, 0.3) is 11.1 Å². The zero-order valence-electron chi connectivity index (χ0n) is 10.8. The minimum atomic E-state index is 0.596. The van der Waals surface area contributed by atoms with Gasteiger partial charge in [-0.2, -0.15) is 5.26 Å². The summed E-state index contributed by atoms with van der Waals surface area (Å²) >= 11 is 0. The van der Waals surface area contributed by atoms with Gasteiger partial charge in [-0.15, -0.1) is 0 Å². The molecule has 0 saturated heterocycles. The first-order chi connectivity index (χ1) is 8.61. The molecule has 90 valence electrons. The van der Waals surface area contributed by atoms with Crippen molar-refractivity contribution in [3.63, 3.8) is 0 Å². The molecule has 0 aliphatic heterocycles. The van der Waals surface area contributed by atoms with E-state index >= 15 is 0 Å². The Labute approximate surface area is 107 Å². The van der Waals surface area contributed by atoms with Gasteiger partial charge in [0.05, 0.1) is 5.56 Å². The Bertz CT molecular complexity index is 609. The molecule has 0 saturated carbocycles. The highest BCUT2D eigenvalue weighted by atomic mass is 15.1. The number of aryl methyl sites for hydroxylation is 1. The molecule has 0 atom stereocenters. The third-order valence-electron chi connectivity index (χ3n) is 2.76. The van der Waals surface area contributed by atoms with E-state index in [0.29, 0.717) is 11.4 Å². The Morgan fingerprint density at radius 1 is 1.17 bits per heavy atom. The van der Waals surface area contributed by atoms with Crippen LogP contribution < -0.4 is 4.90 Å². The molecule has 0 fully saturated rings. The summed E-state index contributed by atoms with van der Waals surface area (Å²) in [5.74, 6) is 0.703. The van der Waals surface area contributed by atoms with Crippen molar-refractivity contribution < 1.29 is 0 Å². The molecular weight excluding hydrogens is 222 g/mol. The Morgan fingerprint density at radius 3 is 2.56 bits per heavy atom. The van der Waals surface area contributed by atoms with Crippen molar-refractivity contribution in [3.05, 3.63) is 47.7 Å². The fourth-order valence-corrected chi connectivity index (χ4v) is 1.88. The maximum Gasteiger partial charge on any atom is 0.146 e. The van der Waals surface area contributed by atoms with Gasteiger partial charge < -0.3 is 4.90 Å². The smallest absolute Gasteiger partial charge is 0.146 e. The topological polar surface area (TPSA) is 39.9 Å². The van der Waals surface area contributed by atoms with Crippen LogP contribution in [0.15, 0.2) is 36.5 Å². The highest BCUT2D eigenvalue weighted by molar-refractivity contribution is 5.68. The van der Waals surface area contributed by atoms with Gasteiger partial charge in [0, 0.05) is 25.9 Å². The summed E-state index contributed by atoms with van der Waals surface area (Å²) in [6.07, 6.45) is 1.81. The SMILES string of the molecule is Cc1cccc(-c2cnc(N(C)C)c(C#N)c2)c1. The van der Waals surface area contributed by atoms with Crippen LogP contribution in [0, 0.1) is 18.3 Å². The minimum Gasteiger partial charge on any atom is -0.362 e. The molecule has 1 heterocycles. The average molecular weight is 237 g/mol. The molecule has 0 unspecified atom stereocenters. The maximum absolute atomic E-state index is 9.18. The number of nitriles is 1. The van der Waals surface area contributed by atoms with E-state index < -0.39 is 0 Å². The highest BCUT2D eigenvalue weighted by Gasteiger charge is 2.08. The number of anilines is 1. The number of benzene rings is 1. The molecule has 0 radical (unpaired) electrons. The summed E-state index contributed by atoms with van der Waals surface area (Å²) in [4.78, 5) is 6.20. The summed E-state index contributed by atoms with van der Waals surface area (Å²) in [7, 11) is 3.77. The second-order valence-corrected chi connectivity index (χ2v) is 4.47. The highest BCUT2D eigenvalue weighted by Crippen LogP contribution is 2.24. The minimum absolute atomic E-state index is 0.596. The lowest BCUT2D eigenvalue weighted by Gasteiger charge is -2.13. The molecule has 2 aromatic rings. The Kier molecular flexibility index (Phi) is 3.29. The van der Waals surface area contributed by atoms with E-state index in [4.69, 9.17) is 0 Å². The predicted molar refractivity (Wildman–Crippen MR) is 73.5 cm³/mol. The summed E-state index contributed by atoms with van der Waals surface area (Å²) in [6, 6.07) is 12.3. The zero-order chi connectivity index (χ0) is 13.1. The molecule has 0 aliphatic carbocycles. The van der Waals surface area contributed by atoms with E-state index in [0.717, 1.165) is 11.1 Å². The van der Waals surface area contributed by atoms with Crippen LogP contribution >= 0.6 is 0 Å². The lowest BCUT2D eigenvalue weighted by molar-refractivity contribution is 1.06. The number of hydrogen-bond acceptors (Lipinski definition) is 3. The average Bonchev–Trinajstić information content (AvgIpc) is 2.37. The van der Waals surface area contributed by atoms with Crippen LogP contribution in [-0.4, -0.2) is 19.1 Å². The normalized spacial score (nSPS) is 9.89. The predicted octanol–water partition coefficient (Wildman–Crippen LogP) is 2.99. The third kappa shape index (κ3) is 2.33. The lowest BCUT2D eigenvalue weighted by Crippen LogP contribution is -2.12.